The summed E-state index contributed by atoms with van der Waals surface area (Å²) in [7, 11) is 0. The predicted molar refractivity (Wildman–Crippen MR) is 136 cm³/mol. The summed E-state index contributed by atoms with van der Waals surface area (Å²) in [5, 5.41) is 2.75. The Bertz CT molecular complexity index is 1340. The molecule has 0 aliphatic carbocycles. The van der Waals surface area contributed by atoms with Crippen molar-refractivity contribution in [2.45, 2.75) is 39.7 Å². The van der Waals surface area contributed by atoms with E-state index in [1.807, 2.05) is 26.8 Å². The molecule has 1 fully saturated rings. The van der Waals surface area contributed by atoms with Gasteiger partial charge in [-0.15, -0.1) is 0 Å². The number of aryl methyl sites for hydroxylation is 1. The number of anilines is 1. The van der Waals surface area contributed by atoms with Crippen molar-refractivity contribution < 1.29 is 14.4 Å². The second kappa shape index (κ2) is 10.0. The van der Waals surface area contributed by atoms with Crippen molar-refractivity contribution in [1.29, 1.82) is 0 Å². The molecule has 3 aromatic rings. The van der Waals surface area contributed by atoms with E-state index in [1.54, 1.807) is 47.5 Å². The molecule has 0 radical (unpaired) electrons. The van der Waals surface area contributed by atoms with Gasteiger partial charge in [-0.3, -0.25) is 14.4 Å². The van der Waals surface area contributed by atoms with Crippen molar-refractivity contribution in [2.24, 2.45) is 5.73 Å². The SMILES string of the molecule is CC(C)=CC(=O)N1CCC[C@H]1c1nc(-c2ccc(C(=O)Nc3ccc(C)cn3)cc2)c(C(N)=O)n1N. The van der Waals surface area contributed by atoms with Gasteiger partial charge in [0, 0.05) is 29.9 Å². The lowest BCUT2D eigenvalue weighted by molar-refractivity contribution is -0.127. The number of pyridine rings is 1. The lowest BCUT2D eigenvalue weighted by atomic mass is 10.1. The third-order valence-corrected chi connectivity index (χ3v) is 5.99. The minimum absolute atomic E-state index is 0.0348. The fraction of sp³-hybridized carbons (Fsp3) is 0.269. The Hall–Kier alpha value is -4.47. The first-order chi connectivity index (χ1) is 17.2. The number of rotatable bonds is 6. The van der Waals surface area contributed by atoms with Gasteiger partial charge in [0.1, 0.15) is 11.5 Å². The molecule has 1 saturated heterocycles. The van der Waals surface area contributed by atoms with Crippen molar-refractivity contribution in [3.8, 4) is 11.3 Å². The Morgan fingerprint density at radius 1 is 1.11 bits per heavy atom. The Morgan fingerprint density at radius 2 is 1.83 bits per heavy atom. The number of nitrogens with one attached hydrogen (secondary N) is 1. The molecular weight excluding hydrogens is 458 g/mol. The van der Waals surface area contributed by atoms with Gasteiger partial charge in [0.05, 0.1) is 6.04 Å². The summed E-state index contributed by atoms with van der Waals surface area (Å²) in [5.41, 5.74) is 8.85. The maximum absolute atomic E-state index is 12.7. The first kappa shape index (κ1) is 24.6. The molecule has 0 bridgehead atoms. The molecule has 1 aliphatic rings. The smallest absolute Gasteiger partial charge is 0.269 e. The minimum atomic E-state index is -0.737. The average Bonchev–Trinajstić information content (AvgIpc) is 3.44. The van der Waals surface area contributed by atoms with E-state index in [0.717, 1.165) is 17.6 Å². The zero-order valence-corrected chi connectivity index (χ0v) is 20.5. The monoisotopic (exact) mass is 487 g/mol. The summed E-state index contributed by atoms with van der Waals surface area (Å²) >= 11 is 0. The highest BCUT2D eigenvalue weighted by Crippen LogP contribution is 2.34. The minimum Gasteiger partial charge on any atom is -0.364 e. The fourth-order valence-electron chi connectivity index (χ4n) is 4.26. The first-order valence-corrected chi connectivity index (χ1v) is 11.6. The van der Waals surface area contributed by atoms with Gasteiger partial charge in [0.2, 0.25) is 5.91 Å². The van der Waals surface area contributed by atoms with Gasteiger partial charge in [-0.2, -0.15) is 0 Å². The number of hydrogen-bond acceptors (Lipinski definition) is 6. The summed E-state index contributed by atoms with van der Waals surface area (Å²) in [6.45, 7) is 6.20. The number of imidazole rings is 1. The zero-order chi connectivity index (χ0) is 26.0. The highest BCUT2D eigenvalue weighted by molar-refractivity contribution is 6.04. The molecule has 0 spiro atoms. The van der Waals surface area contributed by atoms with E-state index < -0.39 is 5.91 Å². The third-order valence-electron chi connectivity index (χ3n) is 5.99. The van der Waals surface area contributed by atoms with Crippen LogP contribution in [-0.2, 0) is 4.79 Å². The molecule has 3 heterocycles. The van der Waals surface area contributed by atoms with Crippen LogP contribution in [-0.4, -0.2) is 43.8 Å². The first-order valence-electron chi connectivity index (χ1n) is 11.6. The van der Waals surface area contributed by atoms with Crippen LogP contribution < -0.4 is 16.9 Å². The quantitative estimate of drug-likeness (QED) is 0.359. The number of aromatic nitrogens is 3. The zero-order valence-electron chi connectivity index (χ0n) is 20.5. The molecule has 1 aromatic carbocycles. The van der Waals surface area contributed by atoms with Gasteiger partial charge in [0.25, 0.3) is 11.8 Å². The van der Waals surface area contributed by atoms with Crippen molar-refractivity contribution in [3.63, 3.8) is 0 Å². The van der Waals surface area contributed by atoms with E-state index in [4.69, 9.17) is 11.6 Å². The number of nitrogens with zero attached hydrogens (tertiary/aromatic N) is 4. The second-order valence-corrected chi connectivity index (χ2v) is 9.07. The molecule has 2 aromatic heterocycles. The highest BCUT2D eigenvalue weighted by Gasteiger charge is 2.35. The van der Waals surface area contributed by atoms with Crippen molar-refractivity contribution in [2.75, 3.05) is 17.7 Å². The number of primary amides is 1. The van der Waals surface area contributed by atoms with Crippen LogP contribution in [0.2, 0.25) is 0 Å². The van der Waals surface area contributed by atoms with Crippen LogP contribution >= 0.6 is 0 Å². The van der Waals surface area contributed by atoms with Crippen LogP contribution in [0.1, 0.15) is 65.0 Å². The Balaban J connectivity index is 1.63. The Labute approximate surface area is 209 Å². The Kier molecular flexibility index (Phi) is 6.86. The fourth-order valence-corrected chi connectivity index (χ4v) is 4.26. The van der Waals surface area contributed by atoms with Crippen LogP contribution in [0.4, 0.5) is 5.82 Å². The maximum atomic E-state index is 12.7. The van der Waals surface area contributed by atoms with Gasteiger partial charge in [-0.1, -0.05) is 23.8 Å². The van der Waals surface area contributed by atoms with Crippen molar-refractivity contribution in [1.82, 2.24) is 19.5 Å². The molecule has 3 amide bonds. The van der Waals surface area contributed by atoms with E-state index in [2.05, 4.69) is 15.3 Å². The molecule has 4 rings (SSSR count). The summed E-state index contributed by atoms with van der Waals surface area (Å²) < 4.78 is 1.18. The number of nitrogen functional groups attached to an aromatic ring is 1. The summed E-state index contributed by atoms with van der Waals surface area (Å²) in [4.78, 5) is 48.2. The number of allylic oxidation sites excluding steroid dienone is 1. The van der Waals surface area contributed by atoms with Crippen LogP contribution in [0.25, 0.3) is 11.3 Å². The van der Waals surface area contributed by atoms with Gasteiger partial charge in [-0.05, 0) is 57.4 Å². The van der Waals surface area contributed by atoms with Crippen molar-refractivity contribution >= 4 is 23.5 Å². The van der Waals surface area contributed by atoms with Gasteiger partial charge in [-0.25, -0.2) is 14.6 Å². The maximum Gasteiger partial charge on any atom is 0.269 e. The van der Waals surface area contributed by atoms with E-state index in [1.165, 1.54) is 4.68 Å². The summed E-state index contributed by atoms with van der Waals surface area (Å²) in [5.74, 6) is 5.94. The van der Waals surface area contributed by atoms with Crippen LogP contribution in [0.5, 0.6) is 0 Å². The van der Waals surface area contributed by atoms with Gasteiger partial charge >= 0.3 is 0 Å². The van der Waals surface area contributed by atoms with E-state index in [9.17, 15) is 14.4 Å². The third kappa shape index (κ3) is 4.97. The number of benzene rings is 1. The number of carbonyl (C=O) groups is 3. The molecule has 1 atom stereocenters. The van der Waals surface area contributed by atoms with E-state index in [0.29, 0.717) is 41.4 Å². The number of amides is 3. The predicted octanol–water partition coefficient (Wildman–Crippen LogP) is 2.95. The largest absolute Gasteiger partial charge is 0.364 e. The molecule has 36 heavy (non-hydrogen) atoms. The second-order valence-electron chi connectivity index (χ2n) is 9.07. The average molecular weight is 488 g/mol. The number of hydrogen-bond donors (Lipinski definition) is 3. The molecular formula is C26H29N7O3. The van der Waals surface area contributed by atoms with E-state index >= 15 is 0 Å². The summed E-state index contributed by atoms with van der Waals surface area (Å²) in [6.07, 6.45) is 4.71. The van der Waals surface area contributed by atoms with E-state index in [-0.39, 0.29) is 23.6 Å². The molecule has 186 valence electrons. The van der Waals surface area contributed by atoms with Gasteiger partial charge in [0.15, 0.2) is 11.5 Å². The standard InChI is InChI=1S/C26H29N7O3/c1-15(2)13-21(34)32-12-4-5-19(32)25-31-22(23(24(27)35)33(25)28)17-7-9-18(10-8-17)26(36)30-20-11-6-16(3)14-29-20/h6-11,13-14,19H,4-5,12,28H2,1-3H3,(H2,27,35)(H,29,30,36)/t19-/m0/s1. The number of carbonyl (C=O) groups excluding carboxylic acids is 3. The molecule has 0 unspecified atom stereocenters. The highest BCUT2D eigenvalue weighted by atomic mass is 16.2. The van der Waals surface area contributed by atoms with Crippen molar-refractivity contribution in [3.05, 3.63) is 76.9 Å². The number of likely N-dealkylation sites (tertiary alicyclic amines) is 1. The van der Waals surface area contributed by atoms with Crippen LogP contribution in [0.15, 0.2) is 54.2 Å². The molecule has 0 saturated carbocycles. The Morgan fingerprint density at radius 3 is 2.44 bits per heavy atom. The molecule has 5 N–H and O–H groups in total. The molecule has 10 heteroatoms. The topological polar surface area (TPSA) is 149 Å². The van der Waals surface area contributed by atoms with Crippen LogP contribution in [0, 0.1) is 6.92 Å². The lowest BCUT2D eigenvalue weighted by Crippen LogP contribution is -2.33. The molecule has 1 aliphatic heterocycles. The normalized spacial score (nSPS) is 15.0. The lowest BCUT2D eigenvalue weighted by Gasteiger charge is -2.23. The summed E-state index contributed by atoms with van der Waals surface area (Å²) in [6, 6.07) is 9.81. The molecule has 10 nitrogen and oxygen atoms in total. The number of nitrogens with two attached hydrogens (primary N) is 2. The van der Waals surface area contributed by atoms with Crippen LogP contribution in [0.3, 0.4) is 0 Å². The van der Waals surface area contributed by atoms with Gasteiger partial charge < -0.3 is 21.8 Å².